The number of carbonyl (C=O) groups is 2. The Labute approximate surface area is 170 Å². The van der Waals surface area contributed by atoms with Crippen LogP contribution in [0.5, 0.6) is 0 Å². The van der Waals surface area contributed by atoms with E-state index in [1.807, 2.05) is 30.3 Å². The molecule has 2 amide bonds. The van der Waals surface area contributed by atoms with E-state index in [0.29, 0.717) is 11.8 Å². The van der Waals surface area contributed by atoms with Crippen LogP contribution in [0.1, 0.15) is 44.9 Å². The molecule has 4 bridgehead atoms. The Morgan fingerprint density at radius 3 is 2.03 bits per heavy atom. The van der Waals surface area contributed by atoms with E-state index >= 15 is 0 Å². The minimum Gasteiger partial charge on any atom is -0.361 e. The quantitative estimate of drug-likeness (QED) is 0.418. The third kappa shape index (κ3) is 1.42. The predicted octanol–water partition coefficient (Wildman–Crippen LogP) is 3.86. The van der Waals surface area contributed by atoms with Crippen LogP contribution in [0.2, 0.25) is 0 Å². The average molecular weight is 387 g/mol. The number of allylic oxidation sites excluding steroid dienone is 1. The van der Waals surface area contributed by atoms with Gasteiger partial charge in [-0.25, -0.2) is 0 Å². The van der Waals surface area contributed by atoms with Crippen molar-refractivity contribution in [2.24, 2.45) is 35.5 Å². The van der Waals surface area contributed by atoms with Gasteiger partial charge in [0.15, 0.2) is 0 Å². The average Bonchev–Trinajstić information content (AvgIpc) is 3.36. The summed E-state index contributed by atoms with van der Waals surface area (Å²) in [5, 5.41) is 0. The van der Waals surface area contributed by atoms with Crippen molar-refractivity contribution < 1.29 is 14.3 Å². The van der Waals surface area contributed by atoms with Gasteiger partial charge in [0.1, 0.15) is 11.2 Å². The van der Waals surface area contributed by atoms with Gasteiger partial charge in [-0.3, -0.25) is 14.5 Å². The molecular weight excluding hydrogens is 362 g/mol. The molecule has 148 valence electrons. The summed E-state index contributed by atoms with van der Waals surface area (Å²) in [4.78, 5) is 29.0. The van der Waals surface area contributed by atoms with E-state index in [9.17, 15) is 9.59 Å². The van der Waals surface area contributed by atoms with E-state index in [2.05, 4.69) is 0 Å². The molecule has 2 heterocycles. The molecule has 0 aromatic heterocycles. The summed E-state index contributed by atoms with van der Waals surface area (Å²) in [6.45, 7) is 0. The molecule has 29 heavy (non-hydrogen) atoms. The Morgan fingerprint density at radius 1 is 0.862 bits per heavy atom. The lowest BCUT2D eigenvalue weighted by Gasteiger charge is -2.32. The molecule has 2 aliphatic heterocycles. The number of anilines is 1. The number of para-hydroxylation sites is 1. The van der Waals surface area contributed by atoms with Gasteiger partial charge >= 0.3 is 0 Å². The number of epoxide rings is 1. The molecule has 2 saturated heterocycles. The fourth-order valence-corrected chi connectivity index (χ4v) is 9.29. The van der Waals surface area contributed by atoms with E-state index < -0.39 is 0 Å². The second-order valence-corrected chi connectivity index (χ2v) is 10.5. The highest BCUT2D eigenvalue weighted by Gasteiger charge is 2.96. The van der Waals surface area contributed by atoms with E-state index in [-0.39, 0.29) is 46.7 Å². The maximum atomic E-state index is 13.7. The molecule has 7 fully saturated rings. The van der Waals surface area contributed by atoms with Crippen molar-refractivity contribution in [3.63, 3.8) is 0 Å². The summed E-state index contributed by atoms with van der Waals surface area (Å²) in [7, 11) is 0. The molecule has 4 heteroatoms. The third-order valence-electron chi connectivity index (χ3n) is 9.89. The smallest absolute Gasteiger partial charge is 0.238 e. The Bertz CT molecular complexity index is 972. The molecule has 0 spiro atoms. The van der Waals surface area contributed by atoms with E-state index in [0.717, 1.165) is 5.69 Å². The Kier molecular flexibility index (Phi) is 2.56. The first-order chi connectivity index (χ1) is 14.2. The summed E-state index contributed by atoms with van der Waals surface area (Å²) < 4.78 is 6.74. The van der Waals surface area contributed by atoms with E-state index in [1.165, 1.54) is 55.4 Å². The van der Waals surface area contributed by atoms with Crippen molar-refractivity contribution in [1.82, 2.24) is 0 Å². The maximum Gasteiger partial charge on any atom is 0.238 e. The van der Waals surface area contributed by atoms with Crippen molar-refractivity contribution >= 4 is 17.5 Å². The fourth-order valence-electron chi connectivity index (χ4n) is 9.29. The second-order valence-electron chi connectivity index (χ2n) is 10.5. The van der Waals surface area contributed by atoms with Crippen LogP contribution in [0, 0.1) is 35.5 Å². The molecule has 0 N–H and O–H groups in total. The number of amides is 2. The number of rotatable bonds is 1. The molecule has 8 rings (SSSR count). The number of imide groups is 1. The number of fused-ring (bicyclic) bond motifs is 7. The summed E-state index contributed by atoms with van der Waals surface area (Å²) >= 11 is 0. The standard InChI is InChI=1S/C25H25NO3/c27-22-18-19(23(28)26(22)16-8-2-1-3-9-16)21-17(13-6-4-5-7-13)20(18)24-14-10-11-15(12-14)25(21,24)29-24/h1-3,8-9,14-15,18-21H,4-7,10-12H2. The van der Waals surface area contributed by atoms with Gasteiger partial charge in [-0.1, -0.05) is 29.3 Å². The van der Waals surface area contributed by atoms with Crippen molar-refractivity contribution in [3.05, 3.63) is 41.5 Å². The van der Waals surface area contributed by atoms with Crippen LogP contribution in [0.25, 0.3) is 0 Å². The van der Waals surface area contributed by atoms with Crippen LogP contribution >= 0.6 is 0 Å². The molecule has 8 unspecified atom stereocenters. The van der Waals surface area contributed by atoms with Gasteiger partial charge in [-0.2, -0.15) is 0 Å². The second kappa shape index (κ2) is 4.69. The lowest BCUT2D eigenvalue weighted by molar-refractivity contribution is -0.123. The number of ether oxygens (including phenoxy) is 1. The van der Waals surface area contributed by atoms with Gasteiger partial charge in [-0.15, -0.1) is 0 Å². The zero-order chi connectivity index (χ0) is 19.1. The molecule has 5 aliphatic carbocycles. The lowest BCUT2D eigenvalue weighted by Crippen LogP contribution is -2.46. The van der Waals surface area contributed by atoms with Crippen molar-refractivity contribution in [2.75, 3.05) is 4.90 Å². The Morgan fingerprint density at radius 2 is 1.45 bits per heavy atom. The van der Waals surface area contributed by atoms with Crippen LogP contribution in [0.4, 0.5) is 5.69 Å². The van der Waals surface area contributed by atoms with Crippen LogP contribution < -0.4 is 4.90 Å². The number of hydrogen-bond acceptors (Lipinski definition) is 3. The number of hydrogen-bond donors (Lipinski definition) is 0. The Hall–Kier alpha value is -1.94. The molecule has 7 aliphatic rings. The first kappa shape index (κ1) is 15.8. The molecular formula is C25H25NO3. The summed E-state index contributed by atoms with van der Waals surface area (Å²) in [5.41, 5.74) is 3.67. The predicted molar refractivity (Wildman–Crippen MR) is 106 cm³/mol. The largest absolute Gasteiger partial charge is 0.361 e. The third-order valence-corrected chi connectivity index (χ3v) is 9.89. The van der Waals surface area contributed by atoms with Gasteiger partial charge in [0, 0.05) is 11.8 Å². The van der Waals surface area contributed by atoms with Gasteiger partial charge in [0.2, 0.25) is 11.8 Å². The zero-order valence-electron chi connectivity index (χ0n) is 16.5. The normalized spacial score (nSPS) is 50.6. The monoisotopic (exact) mass is 387 g/mol. The fraction of sp³-hybridized carbons (Fsp3) is 0.600. The van der Waals surface area contributed by atoms with Gasteiger partial charge in [0.05, 0.1) is 17.5 Å². The highest BCUT2D eigenvalue weighted by Crippen LogP contribution is 2.88. The lowest BCUT2D eigenvalue weighted by atomic mass is 9.64. The number of benzene rings is 1. The SMILES string of the molecule is O=C1C2C(C(=O)N1c1ccccc1)C1C(=C3CCCC3)C2C23OC12C1CCC3C1. The first-order valence-corrected chi connectivity index (χ1v) is 11.5. The molecule has 5 saturated carbocycles. The molecule has 8 atom stereocenters. The van der Waals surface area contributed by atoms with E-state index in [4.69, 9.17) is 4.74 Å². The summed E-state index contributed by atoms with van der Waals surface area (Å²) in [5.74, 6) is 1.25. The highest BCUT2D eigenvalue weighted by atomic mass is 16.6. The van der Waals surface area contributed by atoms with Crippen LogP contribution in [-0.4, -0.2) is 23.0 Å². The summed E-state index contributed by atoms with van der Waals surface area (Å²) in [6, 6.07) is 9.56. The van der Waals surface area contributed by atoms with Crippen molar-refractivity contribution in [1.29, 1.82) is 0 Å². The molecule has 1 aromatic carbocycles. The maximum absolute atomic E-state index is 13.7. The topological polar surface area (TPSA) is 49.9 Å². The van der Waals surface area contributed by atoms with Gasteiger partial charge < -0.3 is 4.74 Å². The number of carbonyl (C=O) groups excluding carboxylic acids is 2. The highest BCUT2D eigenvalue weighted by molar-refractivity contribution is 6.23. The first-order valence-electron chi connectivity index (χ1n) is 11.5. The van der Waals surface area contributed by atoms with E-state index in [1.54, 1.807) is 5.57 Å². The van der Waals surface area contributed by atoms with Crippen LogP contribution in [0.15, 0.2) is 41.5 Å². The molecule has 1 aromatic rings. The summed E-state index contributed by atoms with van der Waals surface area (Å²) in [6.07, 6.45) is 8.64. The minimum absolute atomic E-state index is 0.0380. The van der Waals surface area contributed by atoms with Crippen molar-refractivity contribution in [2.45, 2.75) is 56.1 Å². The zero-order valence-corrected chi connectivity index (χ0v) is 16.5. The van der Waals surface area contributed by atoms with Crippen LogP contribution in [0.3, 0.4) is 0 Å². The Balaban J connectivity index is 1.33. The van der Waals surface area contributed by atoms with Crippen LogP contribution in [-0.2, 0) is 14.3 Å². The van der Waals surface area contributed by atoms with Crippen molar-refractivity contribution in [3.8, 4) is 0 Å². The minimum atomic E-state index is -0.189. The molecule has 0 radical (unpaired) electrons. The number of nitrogens with zero attached hydrogens (tertiary/aromatic N) is 1. The van der Waals surface area contributed by atoms with Gasteiger partial charge in [-0.05, 0) is 68.9 Å². The molecule has 4 nitrogen and oxygen atoms in total. The van der Waals surface area contributed by atoms with Gasteiger partial charge in [0.25, 0.3) is 0 Å².